The monoisotopic (exact) mass is 315 g/mol. The van der Waals surface area contributed by atoms with Crippen LogP contribution < -0.4 is 5.32 Å². The van der Waals surface area contributed by atoms with Crippen molar-refractivity contribution in [1.82, 2.24) is 15.1 Å². The molecule has 2 heterocycles. The minimum atomic E-state index is -0.488. The Morgan fingerprint density at radius 2 is 1.83 bits per heavy atom. The predicted octanol–water partition coefficient (Wildman–Crippen LogP) is 0.999. The van der Waals surface area contributed by atoms with Crippen molar-refractivity contribution in [2.45, 2.75) is 24.7 Å². The summed E-state index contributed by atoms with van der Waals surface area (Å²) in [6.07, 6.45) is 2.44. The van der Waals surface area contributed by atoms with E-state index in [1.54, 1.807) is 4.90 Å². The number of hydrogen-bond acceptors (Lipinski definition) is 3. The van der Waals surface area contributed by atoms with Crippen LogP contribution in [0.2, 0.25) is 0 Å². The smallest absolute Gasteiger partial charge is 0.239 e. The van der Waals surface area contributed by atoms with E-state index in [0.717, 1.165) is 37.9 Å². The lowest BCUT2D eigenvalue weighted by Crippen LogP contribution is -2.53. The Kier molecular flexibility index (Phi) is 4.66. The maximum atomic E-state index is 13.4. The standard InChI is InChI=1S/C18H25N3O2/c1-20-12-8-18(9-13-20,15-6-3-2-4-7-15)17(23)21-11-5-10-19-16(22)14-21/h2-4,6-7H,5,8-14H2,1H3,(H,19,22). The summed E-state index contributed by atoms with van der Waals surface area (Å²) in [5.74, 6) is 0.0702. The number of rotatable bonds is 2. The molecule has 0 aromatic heterocycles. The molecule has 5 heteroatoms. The summed E-state index contributed by atoms with van der Waals surface area (Å²) in [5.41, 5.74) is 0.598. The van der Waals surface area contributed by atoms with Crippen molar-refractivity contribution in [3.8, 4) is 0 Å². The molecule has 1 N–H and O–H groups in total. The second kappa shape index (κ2) is 6.71. The lowest BCUT2D eigenvalue weighted by Gasteiger charge is -2.42. The van der Waals surface area contributed by atoms with Crippen molar-refractivity contribution in [3.05, 3.63) is 35.9 Å². The van der Waals surface area contributed by atoms with Gasteiger partial charge >= 0.3 is 0 Å². The number of nitrogens with one attached hydrogen (secondary N) is 1. The third-order valence-electron chi connectivity index (χ3n) is 5.13. The first-order valence-electron chi connectivity index (χ1n) is 8.42. The van der Waals surface area contributed by atoms with Crippen LogP contribution in [0, 0.1) is 0 Å². The van der Waals surface area contributed by atoms with E-state index in [4.69, 9.17) is 0 Å². The first-order valence-corrected chi connectivity index (χ1v) is 8.42. The first kappa shape index (κ1) is 16.0. The summed E-state index contributed by atoms with van der Waals surface area (Å²) >= 11 is 0. The third-order valence-corrected chi connectivity index (χ3v) is 5.13. The minimum absolute atomic E-state index is 0.0491. The van der Waals surface area contributed by atoms with E-state index in [0.29, 0.717) is 13.1 Å². The van der Waals surface area contributed by atoms with E-state index >= 15 is 0 Å². The number of piperidine rings is 1. The lowest BCUT2D eigenvalue weighted by atomic mass is 9.71. The Morgan fingerprint density at radius 1 is 1.13 bits per heavy atom. The van der Waals surface area contributed by atoms with Crippen LogP contribution in [0.25, 0.3) is 0 Å². The van der Waals surface area contributed by atoms with Crippen molar-refractivity contribution in [2.24, 2.45) is 0 Å². The molecule has 23 heavy (non-hydrogen) atoms. The van der Waals surface area contributed by atoms with Gasteiger partial charge in [-0.2, -0.15) is 0 Å². The lowest BCUT2D eigenvalue weighted by molar-refractivity contribution is -0.142. The second-order valence-electron chi connectivity index (χ2n) is 6.68. The predicted molar refractivity (Wildman–Crippen MR) is 89.1 cm³/mol. The molecule has 1 aromatic carbocycles. The highest BCUT2D eigenvalue weighted by molar-refractivity contribution is 5.92. The van der Waals surface area contributed by atoms with Gasteiger partial charge in [0.15, 0.2) is 0 Å². The maximum Gasteiger partial charge on any atom is 0.239 e. The second-order valence-corrected chi connectivity index (χ2v) is 6.68. The Hall–Kier alpha value is -1.88. The number of benzene rings is 1. The molecule has 2 aliphatic heterocycles. The summed E-state index contributed by atoms with van der Waals surface area (Å²) in [7, 11) is 2.10. The van der Waals surface area contributed by atoms with Gasteiger partial charge in [0.1, 0.15) is 0 Å². The van der Waals surface area contributed by atoms with Crippen LogP contribution in [0.1, 0.15) is 24.8 Å². The number of amides is 2. The largest absolute Gasteiger partial charge is 0.354 e. The highest BCUT2D eigenvalue weighted by Gasteiger charge is 2.44. The summed E-state index contributed by atoms with van der Waals surface area (Å²) in [6, 6.07) is 10.1. The molecule has 5 nitrogen and oxygen atoms in total. The quantitative estimate of drug-likeness (QED) is 0.886. The van der Waals surface area contributed by atoms with Gasteiger partial charge in [-0.15, -0.1) is 0 Å². The molecule has 1 aromatic rings. The Morgan fingerprint density at radius 3 is 2.52 bits per heavy atom. The van der Waals surface area contributed by atoms with E-state index in [1.807, 2.05) is 18.2 Å². The van der Waals surface area contributed by atoms with E-state index in [-0.39, 0.29) is 18.4 Å². The Balaban J connectivity index is 1.91. The molecule has 3 rings (SSSR count). The van der Waals surface area contributed by atoms with Crippen molar-refractivity contribution in [1.29, 1.82) is 0 Å². The number of nitrogens with zero attached hydrogens (tertiary/aromatic N) is 2. The average molecular weight is 315 g/mol. The Labute approximate surface area is 137 Å². The summed E-state index contributed by atoms with van der Waals surface area (Å²) in [6.45, 7) is 3.30. The number of likely N-dealkylation sites (tertiary alicyclic amines) is 1. The zero-order valence-electron chi connectivity index (χ0n) is 13.8. The summed E-state index contributed by atoms with van der Waals surface area (Å²) in [4.78, 5) is 29.3. The van der Waals surface area contributed by atoms with Gasteiger partial charge in [0, 0.05) is 13.1 Å². The van der Waals surface area contributed by atoms with Gasteiger partial charge in [0.2, 0.25) is 11.8 Å². The van der Waals surface area contributed by atoms with Crippen molar-refractivity contribution in [2.75, 3.05) is 39.8 Å². The van der Waals surface area contributed by atoms with Crippen LogP contribution in [-0.2, 0) is 15.0 Å². The molecular weight excluding hydrogens is 290 g/mol. The van der Waals surface area contributed by atoms with Crippen LogP contribution in [0.3, 0.4) is 0 Å². The molecule has 0 spiro atoms. The fourth-order valence-electron chi connectivity index (χ4n) is 3.67. The van der Waals surface area contributed by atoms with Crippen LogP contribution in [0.5, 0.6) is 0 Å². The fourth-order valence-corrected chi connectivity index (χ4v) is 3.67. The van der Waals surface area contributed by atoms with E-state index in [2.05, 4.69) is 29.4 Å². The molecule has 2 aliphatic rings. The van der Waals surface area contributed by atoms with Crippen molar-refractivity contribution in [3.63, 3.8) is 0 Å². The normalized spacial score (nSPS) is 22.3. The molecular formula is C18H25N3O2. The van der Waals surface area contributed by atoms with Crippen LogP contribution in [0.15, 0.2) is 30.3 Å². The minimum Gasteiger partial charge on any atom is -0.354 e. The van der Waals surface area contributed by atoms with Crippen LogP contribution >= 0.6 is 0 Å². The summed E-state index contributed by atoms with van der Waals surface area (Å²) in [5, 5.41) is 2.85. The number of carbonyl (C=O) groups excluding carboxylic acids is 2. The first-order chi connectivity index (χ1) is 11.1. The van der Waals surface area contributed by atoms with Crippen LogP contribution in [-0.4, -0.2) is 61.4 Å². The van der Waals surface area contributed by atoms with Gasteiger partial charge in [-0.3, -0.25) is 9.59 Å². The molecule has 2 fully saturated rings. The molecule has 0 bridgehead atoms. The van der Waals surface area contributed by atoms with Gasteiger partial charge < -0.3 is 15.1 Å². The molecule has 0 aliphatic carbocycles. The number of carbonyl (C=O) groups is 2. The van der Waals surface area contributed by atoms with E-state index in [1.165, 1.54) is 0 Å². The topological polar surface area (TPSA) is 52.7 Å². The molecule has 2 saturated heterocycles. The van der Waals surface area contributed by atoms with Gasteiger partial charge in [-0.05, 0) is 45.0 Å². The third kappa shape index (κ3) is 3.24. The molecule has 0 unspecified atom stereocenters. The molecule has 0 radical (unpaired) electrons. The van der Waals surface area contributed by atoms with Crippen molar-refractivity contribution >= 4 is 11.8 Å². The fraction of sp³-hybridized carbons (Fsp3) is 0.556. The molecule has 124 valence electrons. The zero-order valence-corrected chi connectivity index (χ0v) is 13.8. The van der Waals surface area contributed by atoms with Gasteiger partial charge in [-0.1, -0.05) is 30.3 Å². The zero-order chi connectivity index (χ0) is 16.3. The molecule has 0 saturated carbocycles. The average Bonchev–Trinajstić information content (AvgIpc) is 2.80. The molecule has 2 amide bonds. The van der Waals surface area contributed by atoms with Gasteiger partial charge in [0.25, 0.3) is 0 Å². The van der Waals surface area contributed by atoms with Gasteiger partial charge in [0.05, 0.1) is 12.0 Å². The summed E-state index contributed by atoms with van der Waals surface area (Å²) < 4.78 is 0. The van der Waals surface area contributed by atoms with E-state index < -0.39 is 5.41 Å². The molecule has 0 atom stereocenters. The SMILES string of the molecule is CN1CCC(C(=O)N2CCCNC(=O)C2)(c2ccccc2)CC1. The number of hydrogen-bond donors (Lipinski definition) is 1. The highest BCUT2D eigenvalue weighted by atomic mass is 16.2. The Bertz CT molecular complexity index is 565. The van der Waals surface area contributed by atoms with Crippen LogP contribution in [0.4, 0.5) is 0 Å². The van der Waals surface area contributed by atoms with Crippen molar-refractivity contribution < 1.29 is 9.59 Å². The highest BCUT2D eigenvalue weighted by Crippen LogP contribution is 2.37. The van der Waals surface area contributed by atoms with E-state index in [9.17, 15) is 9.59 Å². The maximum absolute atomic E-state index is 13.4. The van der Waals surface area contributed by atoms with Gasteiger partial charge in [-0.25, -0.2) is 0 Å².